The van der Waals surface area contributed by atoms with E-state index < -0.39 is 21.7 Å². The van der Waals surface area contributed by atoms with Gasteiger partial charge >= 0.3 is 0 Å². The molecule has 1 unspecified atom stereocenters. The molecule has 5 atom stereocenters. The van der Waals surface area contributed by atoms with Crippen LogP contribution >= 0.6 is 0 Å². The van der Waals surface area contributed by atoms with E-state index in [1.807, 2.05) is 57.2 Å². The van der Waals surface area contributed by atoms with Crippen molar-refractivity contribution in [2.75, 3.05) is 0 Å². The van der Waals surface area contributed by atoms with Gasteiger partial charge in [-0.2, -0.15) is 0 Å². The average Bonchev–Trinajstić information content (AvgIpc) is 2.87. The first-order chi connectivity index (χ1) is 9.45. The molecule has 4 heteroatoms. The Kier molecular flexibility index (Phi) is 3.18. The van der Waals surface area contributed by atoms with Crippen LogP contribution in [0, 0.1) is 18.8 Å². The number of aryl methyl sites for hydroxylation is 1. The largest absolute Gasteiger partial charge is 0.349 e. The molecule has 1 fully saturated rings. The first kappa shape index (κ1) is 13.7. The van der Waals surface area contributed by atoms with Crippen LogP contribution in [0.3, 0.4) is 0 Å². The fraction of sp³-hybridized carbons (Fsp3) is 0.438. The van der Waals surface area contributed by atoms with Crippen molar-refractivity contribution in [3.8, 4) is 0 Å². The average molecular weight is 290 g/mol. The fourth-order valence-corrected chi connectivity index (χ4v) is 4.49. The van der Waals surface area contributed by atoms with Crippen LogP contribution in [0.1, 0.15) is 19.4 Å². The number of rotatable bonds is 2. The number of ketones is 1. The van der Waals surface area contributed by atoms with Crippen molar-refractivity contribution in [1.82, 2.24) is 0 Å². The zero-order valence-corrected chi connectivity index (χ0v) is 12.6. The first-order valence-corrected chi connectivity index (χ1v) is 8.00. The summed E-state index contributed by atoms with van der Waals surface area (Å²) < 4.78 is 18.9. The molecular formula is C16H18O3S. The summed E-state index contributed by atoms with van der Waals surface area (Å²) in [7, 11) is -1.39. The maximum absolute atomic E-state index is 12.9. The van der Waals surface area contributed by atoms with Crippen LogP contribution in [0.15, 0.2) is 41.3 Å². The van der Waals surface area contributed by atoms with E-state index in [-0.39, 0.29) is 17.8 Å². The van der Waals surface area contributed by atoms with Crippen LogP contribution in [-0.2, 0) is 20.3 Å². The Morgan fingerprint density at radius 1 is 1.20 bits per heavy atom. The number of hydrogen-bond donors (Lipinski definition) is 0. The van der Waals surface area contributed by atoms with Gasteiger partial charge in [0.1, 0.15) is 5.78 Å². The molecule has 106 valence electrons. The monoisotopic (exact) mass is 290 g/mol. The third-order valence-corrected chi connectivity index (χ3v) is 6.20. The van der Waals surface area contributed by atoms with E-state index in [1.165, 1.54) is 0 Å². The molecule has 3 rings (SSSR count). The smallest absolute Gasteiger partial charge is 0.176 e. The summed E-state index contributed by atoms with van der Waals surface area (Å²) in [4.78, 5) is 12.0. The Morgan fingerprint density at radius 2 is 1.85 bits per heavy atom. The molecule has 3 nitrogen and oxygen atoms in total. The molecule has 0 radical (unpaired) electrons. The number of carbonyl (C=O) groups is 1. The standard InChI is InChI=1S/C16H18O3S/c1-10-4-6-13(7-5-10)20(18)16-9-8-14(19-16)11(2)15(17)12(16)3/h4-9,11-12,14H,1-3H3/t11-,12-,14-,16+,20?/m1/s1. The van der Waals surface area contributed by atoms with Crippen molar-refractivity contribution in [3.05, 3.63) is 42.0 Å². The molecule has 2 aliphatic heterocycles. The van der Waals surface area contributed by atoms with E-state index in [0.29, 0.717) is 4.90 Å². The second-order valence-corrected chi connectivity index (χ2v) is 7.30. The Hall–Kier alpha value is -1.26. The van der Waals surface area contributed by atoms with Crippen LogP contribution in [0.25, 0.3) is 0 Å². The molecule has 1 saturated heterocycles. The second kappa shape index (κ2) is 4.64. The van der Waals surface area contributed by atoms with Gasteiger partial charge in [-0.15, -0.1) is 0 Å². The normalized spacial score (nSPS) is 37.1. The second-order valence-electron chi connectivity index (χ2n) is 5.66. The Labute approximate surface area is 121 Å². The molecule has 0 saturated carbocycles. The van der Waals surface area contributed by atoms with Crippen LogP contribution in [-0.4, -0.2) is 21.0 Å². The van der Waals surface area contributed by atoms with Gasteiger partial charge in [0, 0.05) is 10.8 Å². The predicted octanol–water partition coefficient (Wildman–Crippen LogP) is 2.61. The molecule has 2 bridgehead atoms. The minimum atomic E-state index is -1.39. The Morgan fingerprint density at radius 3 is 2.50 bits per heavy atom. The Bertz CT molecular complexity index is 605. The van der Waals surface area contributed by atoms with Gasteiger partial charge in [-0.1, -0.05) is 37.6 Å². The van der Waals surface area contributed by atoms with Gasteiger partial charge in [-0.25, -0.2) is 0 Å². The SMILES string of the molecule is Cc1ccc(S(=O)[C@]23C=C[C@@H](O2)[C@@H](C)C(=O)[C@H]3C)cc1. The fourth-order valence-electron chi connectivity index (χ4n) is 2.90. The van der Waals surface area contributed by atoms with Gasteiger partial charge in [0.05, 0.1) is 22.8 Å². The molecule has 2 aliphatic rings. The predicted molar refractivity (Wildman–Crippen MR) is 77.7 cm³/mol. The highest BCUT2D eigenvalue weighted by Gasteiger charge is 2.56. The number of ether oxygens (including phenoxy) is 1. The van der Waals surface area contributed by atoms with Crippen LogP contribution in [0.2, 0.25) is 0 Å². The number of carbonyl (C=O) groups excluding carboxylic acids is 1. The lowest BCUT2D eigenvalue weighted by Gasteiger charge is -2.39. The highest BCUT2D eigenvalue weighted by molar-refractivity contribution is 7.86. The highest BCUT2D eigenvalue weighted by atomic mass is 32.2. The van der Waals surface area contributed by atoms with E-state index in [1.54, 1.807) is 0 Å². The van der Waals surface area contributed by atoms with E-state index in [9.17, 15) is 9.00 Å². The summed E-state index contributed by atoms with van der Waals surface area (Å²) in [5.74, 6) is -0.423. The third kappa shape index (κ3) is 1.82. The van der Waals surface area contributed by atoms with Gasteiger partial charge in [-0.3, -0.25) is 9.00 Å². The zero-order chi connectivity index (χ0) is 14.5. The van der Waals surface area contributed by atoms with E-state index in [0.717, 1.165) is 5.56 Å². The van der Waals surface area contributed by atoms with Gasteiger partial charge in [-0.05, 0) is 25.1 Å². The number of Topliss-reactive ketones (excluding diaryl/α,β-unsaturated/α-hetero) is 1. The molecule has 0 aromatic heterocycles. The van der Waals surface area contributed by atoms with Crippen molar-refractivity contribution in [3.63, 3.8) is 0 Å². The third-order valence-electron chi connectivity index (χ3n) is 4.34. The molecule has 2 heterocycles. The first-order valence-electron chi connectivity index (χ1n) is 6.85. The topological polar surface area (TPSA) is 43.4 Å². The number of benzene rings is 1. The van der Waals surface area contributed by atoms with Crippen molar-refractivity contribution < 1.29 is 13.7 Å². The van der Waals surface area contributed by atoms with Crippen molar-refractivity contribution >= 4 is 16.6 Å². The number of fused-ring (bicyclic) bond motifs is 2. The van der Waals surface area contributed by atoms with Crippen LogP contribution in [0.5, 0.6) is 0 Å². The minimum Gasteiger partial charge on any atom is -0.349 e. The summed E-state index contributed by atoms with van der Waals surface area (Å²) in [6, 6.07) is 7.55. The maximum Gasteiger partial charge on any atom is 0.176 e. The molecule has 20 heavy (non-hydrogen) atoms. The Balaban J connectivity index is 2.00. The van der Waals surface area contributed by atoms with E-state index in [2.05, 4.69) is 0 Å². The minimum absolute atomic E-state index is 0.131. The van der Waals surface area contributed by atoms with Crippen molar-refractivity contribution in [2.45, 2.75) is 36.7 Å². The number of hydrogen-bond acceptors (Lipinski definition) is 3. The molecular weight excluding hydrogens is 272 g/mol. The summed E-state index contributed by atoms with van der Waals surface area (Å²) in [6.07, 6.45) is 3.48. The molecule has 1 aromatic carbocycles. The quantitative estimate of drug-likeness (QED) is 0.786. The molecule has 0 amide bonds. The van der Waals surface area contributed by atoms with Crippen molar-refractivity contribution in [1.29, 1.82) is 0 Å². The van der Waals surface area contributed by atoms with E-state index >= 15 is 0 Å². The summed E-state index contributed by atoms with van der Waals surface area (Å²) >= 11 is 0. The van der Waals surface area contributed by atoms with Crippen LogP contribution < -0.4 is 0 Å². The van der Waals surface area contributed by atoms with Gasteiger partial charge < -0.3 is 4.74 Å². The summed E-state index contributed by atoms with van der Waals surface area (Å²) in [5, 5.41) is 0. The molecule has 0 N–H and O–H groups in total. The highest BCUT2D eigenvalue weighted by Crippen LogP contribution is 2.45. The molecule has 1 aromatic rings. The maximum atomic E-state index is 12.9. The van der Waals surface area contributed by atoms with Gasteiger partial charge in [0.25, 0.3) is 0 Å². The van der Waals surface area contributed by atoms with Gasteiger partial charge in [0.2, 0.25) is 0 Å². The summed E-state index contributed by atoms with van der Waals surface area (Å²) in [5.41, 5.74) is 1.12. The van der Waals surface area contributed by atoms with Gasteiger partial charge in [0.15, 0.2) is 4.93 Å². The molecule has 0 spiro atoms. The van der Waals surface area contributed by atoms with Crippen LogP contribution in [0.4, 0.5) is 0 Å². The lowest BCUT2D eigenvalue weighted by atomic mass is 9.87. The van der Waals surface area contributed by atoms with Crippen molar-refractivity contribution in [2.24, 2.45) is 11.8 Å². The lowest BCUT2D eigenvalue weighted by Crippen LogP contribution is -2.52. The lowest BCUT2D eigenvalue weighted by molar-refractivity contribution is -0.146. The zero-order valence-electron chi connectivity index (χ0n) is 11.8. The summed E-state index contributed by atoms with van der Waals surface area (Å²) in [6.45, 7) is 5.68. The van der Waals surface area contributed by atoms with E-state index in [4.69, 9.17) is 4.74 Å². The molecule has 0 aliphatic carbocycles.